The molecule has 112 valence electrons. The van der Waals surface area contributed by atoms with Gasteiger partial charge in [0, 0.05) is 26.2 Å². The van der Waals surface area contributed by atoms with Crippen molar-refractivity contribution in [3.05, 3.63) is 0 Å². The van der Waals surface area contributed by atoms with Gasteiger partial charge in [-0.3, -0.25) is 9.69 Å². The number of nitrogens with one attached hydrogen (secondary N) is 2. The summed E-state index contributed by atoms with van der Waals surface area (Å²) in [6, 6.07) is 0.472. The molecule has 0 aromatic heterocycles. The summed E-state index contributed by atoms with van der Waals surface area (Å²) in [7, 11) is 1.64. The number of hydrogen-bond acceptors (Lipinski definition) is 4. The number of carbonyl (C=O) groups excluding carboxylic acids is 1. The van der Waals surface area contributed by atoms with Crippen molar-refractivity contribution in [2.75, 3.05) is 39.9 Å². The number of carbonyl (C=O) groups is 1. The van der Waals surface area contributed by atoms with Crippen LogP contribution in [0.3, 0.4) is 0 Å². The highest BCUT2D eigenvalue weighted by Crippen LogP contribution is 2.10. The number of hydrogen-bond donors (Lipinski definition) is 2. The zero-order chi connectivity index (χ0) is 14.1. The molecule has 0 radical (unpaired) electrons. The van der Waals surface area contributed by atoms with Crippen molar-refractivity contribution < 1.29 is 9.53 Å². The van der Waals surface area contributed by atoms with Gasteiger partial charge in [-0.2, -0.15) is 0 Å². The second kappa shape index (κ2) is 9.28. The molecule has 1 aliphatic heterocycles. The van der Waals surface area contributed by atoms with Gasteiger partial charge in [-0.25, -0.2) is 0 Å². The van der Waals surface area contributed by atoms with Gasteiger partial charge < -0.3 is 15.4 Å². The molecule has 2 N–H and O–H groups in total. The first-order valence-electron chi connectivity index (χ1n) is 7.43. The van der Waals surface area contributed by atoms with Crippen molar-refractivity contribution >= 4 is 5.91 Å². The molecule has 1 aliphatic rings. The van der Waals surface area contributed by atoms with Gasteiger partial charge in [0.15, 0.2) is 0 Å². The lowest BCUT2D eigenvalue weighted by Gasteiger charge is -2.30. The number of rotatable bonds is 9. The van der Waals surface area contributed by atoms with Crippen LogP contribution < -0.4 is 10.6 Å². The molecule has 5 heteroatoms. The Morgan fingerprint density at radius 3 is 2.95 bits per heavy atom. The van der Waals surface area contributed by atoms with Crippen molar-refractivity contribution in [1.82, 2.24) is 15.5 Å². The predicted octanol–water partition coefficient (Wildman–Crippen LogP) is 0.602. The van der Waals surface area contributed by atoms with E-state index in [0.717, 1.165) is 26.1 Å². The summed E-state index contributed by atoms with van der Waals surface area (Å²) >= 11 is 0. The molecule has 1 amide bonds. The Morgan fingerprint density at radius 1 is 1.58 bits per heavy atom. The zero-order valence-electron chi connectivity index (χ0n) is 12.6. The average Bonchev–Trinajstić information content (AvgIpc) is 2.90. The first kappa shape index (κ1) is 16.4. The van der Waals surface area contributed by atoms with Crippen LogP contribution in [0.1, 0.15) is 33.1 Å². The minimum atomic E-state index is -0.0702. The molecule has 1 rings (SSSR count). The van der Waals surface area contributed by atoms with Gasteiger partial charge in [0.1, 0.15) is 0 Å². The van der Waals surface area contributed by atoms with Gasteiger partial charge in [0.2, 0.25) is 5.91 Å². The topological polar surface area (TPSA) is 53.6 Å². The predicted molar refractivity (Wildman–Crippen MR) is 77.2 cm³/mol. The first-order chi connectivity index (χ1) is 9.19. The minimum Gasteiger partial charge on any atom is -0.383 e. The number of ether oxygens (including phenoxy) is 1. The fourth-order valence-electron chi connectivity index (χ4n) is 2.52. The van der Waals surface area contributed by atoms with Crippen molar-refractivity contribution in [3.8, 4) is 0 Å². The SMILES string of the molecule is CCCN(CC1CCCN1)C(C)C(=O)NCCOC. The molecule has 19 heavy (non-hydrogen) atoms. The third-order valence-electron chi connectivity index (χ3n) is 3.66. The van der Waals surface area contributed by atoms with Crippen molar-refractivity contribution in [2.45, 2.75) is 45.2 Å². The largest absolute Gasteiger partial charge is 0.383 e. The van der Waals surface area contributed by atoms with Crippen LogP contribution in [0.2, 0.25) is 0 Å². The maximum absolute atomic E-state index is 12.1. The lowest BCUT2D eigenvalue weighted by Crippen LogP contribution is -2.49. The van der Waals surface area contributed by atoms with Crippen LogP contribution in [0.15, 0.2) is 0 Å². The molecule has 2 unspecified atom stereocenters. The summed E-state index contributed by atoms with van der Waals surface area (Å²) in [5.74, 6) is 0.100. The molecule has 1 heterocycles. The van der Waals surface area contributed by atoms with E-state index in [2.05, 4.69) is 22.5 Å². The van der Waals surface area contributed by atoms with Crippen LogP contribution in [-0.2, 0) is 9.53 Å². The monoisotopic (exact) mass is 271 g/mol. The van der Waals surface area contributed by atoms with E-state index in [1.54, 1.807) is 7.11 Å². The number of nitrogens with zero attached hydrogens (tertiary/aromatic N) is 1. The summed E-state index contributed by atoms with van der Waals surface area (Å²) in [6.45, 7) is 8.35. The Labute approximate surface area is 117 Å². The second-order valence-corrected chi connectivity index (χ2v) is 5.25. The molecule has 0 spiro atoms. The Kier molecular flexibility index (Phi) is 8.02. The van der Waals surface area contributed by atoms with Gasteiger partial charge in [-0.15, -0.1) is 0 Å². The summed E-state index contributed by atoms with van der Waals surface area (Å²) in [6.07, 6.45) is 3.54. The third-order valence-corrected chi connectivity index (χ3v) is 3.66. The Hall–Kier alpha value is -0.650. The third kappa shape index (κ3) is 5.89. The first-order valence-corrected chi connectivity index (χ1v) is 7.43. The van der Waals surface area contributed by atoms with Gasteiger partial charge in [0.25, 0.3) is 0 Å². The highest BCUT2D eigenvalue weighted by Gasteiger charge is 2.24. The fraction of sp³-hybridized carbons (Fsp3) is 0.929. The maximum atomic E-state index is 12.1. The van der Waals surface area contributed by atoms with E-state index in [0.29, 0.717) is 19.2 Å². The van der Waals surface area contributed by atoms with Crippen LogP contribution in [0.5, 0.6) is 0 Å². The highest BCUT2D eigenvalue weighted by atomic mass is 16.5. The van der Waals surface area contributed by atoms with E-state index >= 15 is 0 Å². The van der Waals surface area contributed by atoms with Crippen LogP contribution in [0.25, 0.3) is 0 Å². The van der Waals surface area contributed by atoms with E-state index in [1.165, 1.54) is 12.8 Å². The fourth-order valence-corrected chi connectivity index (χ4v) is 2.52. The Bertz CT molecular complexity index is 255. The van der Waals surface area contributed by atoms with Gasteiger partial charge >= 0.3 is 0 Å². The van der Waals surface area contributed by atoms with Crippen LogP contribution in [0, 0.1) is 0 Å². The Morgan fingerprint density at radius 2 is 2.37 bits per heavy atom. The molecule has 0 aromatic rings. The van der Waals surface area contributed by atoms with Crippen molar-refractivity contribution in [2.24, 2.45) is 0 Å². The van der Waals surface area contributed by atoms with Crippen LogP contribution in [-0.4, -0.2) is 62.8 Å². The zero-order valence-corrected chi connectivity index (χ0v) is 12.6. The molecule has 0 aromatic carbocycles. The molecule has 1 saturated heterocycles. The molecule has 0 saturated carbocycles. The normalized spacial score (nSPS) is 20.7. The van der Waals surface area contributed by atoms with Crippen LogP contribution in [0.4, 0.5) is 0 Å². The Balaban J connectivity index is 2.41. The van der Waals surface area contributed by atoms with Gasteiger partial charge in [-0.05, 0) is 39.3 Å². The van der Waals surface area contributed by atoms with Gasteiger partial charge in [0.05, 0.1) is 12.6 Å². The number of amides is 1. The summed E-state index contributed by atoms with van der Waals surface area (Å²) in [5.41, 5.74) is 0. The molecule has 0 bridgehead atoms. The summed E-state index contributed by atoms with van der Waals surface area (Å²) in [4.78, 5) is 14.4. The van der Waals surface area contributed by atoms with E-state index in [-0.39, 0.29) is 11.9 Å². The second-order valence-electron chi connectivity index (χ2n) is 5.25. The summed E-state index contributed by atoms with van der Waals surface area (Å²) < 4.78 is 4.95. The van der Waals surface area contributed by atoms with Crippen molar-refractivity contribution in [3.63, 3.8) is 0 Å². The molecule has 2 atom stereocenters. The smallest absolute Gasteiger partial charge is 0.237 e. The lowest BCUT2D eigenvalue weighted by molar-refractivity contribution is -0.126. The standard InChI is InChI=1S/C14H29N3O2/c1-4-9-17(11-13-6-5-7-15-13)12(2)14(18)16-8-10-19-3/h12-13,15H,4-11H2,1-3H3,(H,16,18). The van der Waals surface area contributed by atoms with E-state index in [1.807, 2.05) is 6.92 Å². The van der Waals surface area contributed by atoms with Crippen LogP contribution >= 0.6 is 0 Å². The average molecular weight is 271 g/mol. The van der Waals surface area contributed by atoms with E-state index in [4.69, 9.17) is 4.74 Å². The molecule has 5 nitrogen and oxygen atoms in total. The lowest BCUT2D eigenvalue weighted by atomic mass is 10.1. The van der Waals surface area contributed by atoms with Crippen molar-refractivity contribution in [1.29, 1.82) is 0 Å². The minimum absolute atomic E-state index is 0.0702. The molecular weight excluding hydrogens is 242 g/mol. The summed E-state index contributed by atoms with van der Waals surface area (Å²) in [5, 5.41) is 6.42. The highest BCUT2D eigenvalue weighted by molar-refractivity contribution is 5.81. The van der Waals surface area contributed by atoms with E-state index in [9.17, 15) is 4.79 Å². The molecule has 0 aliphatic carbocycles. The number of methoxy groups -OCH3 is 1. The van der Waals surface area contributed by atoms with Gasteiger partial charge in [-0.1, -0.05) is 6.92 Å². The maximum Gasteiger partial charge on any atom is 0.237 e. The molecular formula is C14H29N3O2. The molecule has 1 fully saturated rings. The van der Waals surface area contributed by atoms with E-state index < -0.39 is 0 Å². The quantitative estimate of drug-likeness (QED) is 0.603.